The second kappa shape index (κ2) is 7.92. The van der Waals surface area contributed by atoms with Gasteiger partial charge in [-0.15, -0.1) is 11.3 Å². The minimum Gasteiger partial charge on any atom is -0.465 e. The molecular weight excluding hydrogens is 286 g/mol. The predicted octanol–water partition coefficient (Wildman–Crippen LogP) is 3.05. The lowest BCUT2D eigenvalue weighted by atomic mass is 9.93. The number of aliphatic hydroxyl groups excluding tert-OH is 1. The second-order valence-electron chi connectivity index (χ2n) is 5.84. The predicted molar refractivity (Wildman–Crippen MR) is 84.6 cm³/mol. The molecule has 1 unspecified atom stereocenters. The van der Waals surface area contributed by atoms with Crippen molar-refractivity contribution in [3.8, 4) is 0 Å². The molecule has 1 atom stereocenters. The molecule has 0 bridgehead atoms. The van der Waals surface area contributed by atoms with E-state index in [2.05, 4.69) is 4.90 Å². The van der Waals surface area contributed by atoms with Crippen molar-refractivity contribution in [1.29, 1.82) is 0 Å². The maximum absolute atomic E-state index is 11.8. The smallest absolute Gasteiger partial charge is 0.348 e. The number of thiophene rings is 1. The third kappa shape index (κ3) is 4.53. The van der Waals surface area contributed by atoms with Gasteiger partial charge in [0.2, 0.25) is 0 Å². The van der Waals surface area contributed by atoms with E-state index in [0.29, 0.717) is 24.0 Å². The van der Waals surface area contributed by atoms with Gasteiger partial charge in [0.1, 0.15) is 4.88 Å². The van der Waals surface area contributed by atoms with Crippen LogP contribution in [0.4, 0.5) is 0 Å². The molecule has 0 amide bonds. The average molecular weight is 311 g/mol. The van der Waals surface area contributed by atoms with Crippen LogP contribution in [-0.2, 0) is 11.3 Å². The zero-order valence-electron chi connectivity index (χ0n) is 12.9. The van der Waals surface area contributed by atoms with E-state index in [1.807, 2.05) is 18.4 Å². The van der Waals surface area contributed by atoms with Crippen molar-refractivity contribution in [2.75, 3.05) is 13.7 Å². The van der Waals surface area contributed by atoms with Crippen LogP contribution in [0.25, 0.3) is 0 Å². The van der Waals surface area contributed by atoms with Crippen molar-refractivity contribution in [2.45, 2.75) is 57.7 Å². The summed E-state index contributed by atoms with van der Waals surface area (Å²) in [4.78, 5) is 14.8. The van der Waals surface area contributed by atoms with Gasteiger partial charge < -0.3 is 9.84 Å². The van der Waals surface area contributed by atoms with Crippen LogP contribution < -0.4 is 0 Å². The first kappa shape index (κ1) is 16.5. The highest BCUT2D eigenvalue weighted by Crippen LogP contribution is 2.26. The summed E-state index contributed by atoms with van der Waals surface area (Å²) in [6, 6.07) is 2.51. The van der Waals surface area contributed by atoms with Gasteiger partial charge in [-0.3, -0.25) is 4.90 Å². The number of aliphatic hydroxyl groups is 1. The molecule has 0 saturated heterocycles. The Morgan fingerprint density at radius 3 is 2.81 bits per heavy atom. The summed E-state index contributed by atoms with van der Waals surface area (Å²) in [6.07, 6.45) is 5.84. The fourth-order valence-corrected chi connectivity index (χ4v) is 3.91. The van der Waals surface area contributed by atoms with Crippen LogP contribution in [0.3, 0.4) is 0 Å². The van der Waals surface area contributed by atoms with Crippen LogP contribution in [0.1, 0.15) is 54.3 Å². The second-order valence-corrected chi connectivity index (χ2v) is 6.75. The van der Waals surface area contributed by atoms with Crippen LogP contribution in [0.2, 0.25) is 0 Å². The summed E-state index contributed by atoms with van der Waals surface area (Å²) < 4.78 is 4.85. The number of hydrogen-bond acceptors (Lipinski definition) is 5. The number of nitrogens with zero attached hydrogens (tertiary/aromatic N) is 1. The molecule has 0 aliphatic heterocycles. The summed E-state index contributed by atoms with van der Waals surface area (Å²) in [5.41, 5.74) is 1.01. The molecule has 1 aliphatic rings. The van der Waals surface area contributed by atoms with Crippen LogP contribution in [0.15, 0.2) is 11.4 Å². The molecular formula is C16H25NO3S. The molecule has 1 fully saturated rings. The number of rotatable bonds is 6. The number of carbonyl (C=O) groups is 1. The summed E-state index contributed by atoms with van der Waals surface area (Å²) in [6.45, 7) is 3.19. The number of hydrogen-bond donors (Lipinski definition) is 1. The van der Waals surface area contributed by atoms with Gasteiger partial charge in [0, 0.05) is 19.1 Å². The fraction of sp³-hybridized carbons (Fsp3) is 0.688. The standard InChI is InChI=1S/C16H25NO3S/c1-12(18)10-17(14-6-4-3-5-7-14)11-13-8-9-21-15(13)16(19)20-2/h8-9,12,14,18H,3-7,10-11H2,1-2H3. The Bertz CT molecular complexity index is 452. The number of esters is 1. The molecule has 1 heterocycles. The number of carbonyl (C=O) groups excluding carboxylic acids is 1. The first-order valence-corrected chi connectivity index (χ1v) is 8.56. The van der Waals surface area contributed by atoms with Gasteiger partial charge in [0.25, 0.3) is 0 Å². The van der Waals surface area contributed by atoms with E-state index < -0.39 is 0 Å². The third-order valence-electron chi connectivity index (χ3n) is 4.08. The molecule has 0 aromatic carbocycles. The summed E-state index contributed by atoms with van der Waals surface area (Å²) in [7, 11) is 1.42. The molecule has 118 valence electrons. The zero-order valence-corrected chi connectivity index (χ0v) is 13.7. The molecule has 0 radical (unpaired) electrons. The highest BCUT2D eigenvalue weighted by molar-refractivity contribution is 7.12. The summed E-state index contributed by atoms with van der Waals surface area (Å²) in [5, 5.41) is 11.7. The number of ether oxygens (including phenoxy) is 1. The Kier molecular flexibility index (Phi) is 6.21. The first-order valence-electron chi connectivity index (χ1n) is 7.68. The van der Waals surface area contributed by atoms with E-state index in [1.54, 1.807) is 0 Å². The molecule has 4 nitrogen and oxygen atoms in total. The average Bonchev–Trinajstić information content (AvgIpc) is 2.94. The van der Waals surface area contributed by atoms with Crippen LogP contribution in [-0.4, -0.2) is 41.8 Å². The van der Waals surface area contributed by atoms with Gasteiger partial charge in [-0.1, -0.05) is 19.3 Å². The molecule has 5 heteroatoms. The van der Waals surface area contributed by atoms with Crippen molar-refractivity contribution >= 4 is 17.3 Å². The molecule has 2 rings (SSSR count). The van der Waals surface area contributed by atoms with Crippen molar-refractivity contribution in [3.63, 3.8) is 0 Å². The molecule has 1 aromatic heterocycles. The first-order chi connectivity index (χ1) is 10.1. The van der Waals surface area contributed by atoms with Gasteiger partial charge in [-0.2, -0.15) is 0 Å². The fourth-order valence-electron chi connectivity index (χ4n) is 3.08. The summed E-state index contributed by atoms with van der Waals surface area (Å²) in [5.74, 6) is -0.263. The topological polar surface area (TPSA) is 49.8 Å². The number of methoxy groups -OCH3 is 1. The maximum atomic E-state index is 11.8. The lowest BCUT2D eigenvalue weighted by Gasteiger charge is -2.35. The molecule has 1 aromatic rings. The van der Waals surface area contributed by atoms with E-state index in [1.165, 1.54) is 50.6 Å². The van der Waals surface area contributed by atoms with Crippen molar-refractivity contribution < 1.29 is 14.6 Å². The van der Waals surface area contributed by atoms with Gasteiger partial charge >= 0.3 is 5.97 Å². The summed E-state index contributed by atoms with van der Waals surface area (Å²) >= 11 is 1.43. The van der Waals surface area contributed by atoms with E-state index in [9.17, 15) is 9.90 Å². The maximum Gasteiger partial charge on any atom is 0.348 e. The van der Waals surface area contributed by atoms with Gasteiger partial charge in [0.05, 0.1) is 13.2 Å². The quantitative estimate of drug-likeness (QED) is 0.820. The lowest BCUT2D eigenvalue weighted by molar-refractivity contribution is 0.0597. The molecule has 1 N–H and O–H groups in total. The molecule has 1 saturated carbocycles. The third-order valence-corrected chi connectivity index (χ3v) is 5.02. The minimum absolute atomic E-state index is 0.263. The van der Waals surface area contributed by atoms with Crippen molar-refractivity contribution in [3.05, 3.63) is 21.9 Å². The highest BCUT2D eigenvalue weighted by atomic mass is 32.1. The van der Waals surface area contributed by atoms with Crippen LogP contribution in [0, 0.1) is 0 Å². The molecule has 1 aliphatic carbocycles. The Balaban J connectivity index is 2.10. The van der Waals surface area contributed by atoms with Crippen molar-refractivity contribution in [1.82, 2.24) is 4.90 Å². The van der Waals surface area contributed by atoms with E-state index in [0.717, 1.165) is 5.56 Å². The SMILES string of the molecule is COC(=O)c1sccc1CN(CC(C)O)C1CCCCC1. The van der Waals surface area contributed by atoms with E-state index >= 15 is 0 Å². The van der Waals surface area contributed by atoms with Crippen molar-refractivity contribution in [2.24, 2.45) is 0 Å². The zero-order chi connectivity index (χ0) is 15.2. The van der Waals surface area contributed by atoms with Gasteiger partial charge in [-0.05, 0) is 36.8 Å². The molecule has 21 heavy (non-hydrogen) atoms. The van der Waals surface area contributed by atoms with E-state index in [4.69, 9.17) is 4.74 Å². The van der Waals surface area contributed by atoms with Crippen LogP contribution >= 0.6 is 11.3 Å². The highest BCUT2D eigenvalue weighted by Gasteiger charge is 2.24. The Labute approximate surface area is 130 Å². The molecule has 0 spiro atoms. The normalized spacial score (nSPS) is 17.9. The van der Waals surface area contributed by atoms with E-state index in [-0.39, 0.29) is 12.1 Å². The Morgan fingerprint density at radius 1 is 1.48 bits per heavy atom. The lowest BCUT2D eigenvalue weighted by Crippen LogP contribution is -2.40. The van der Waals surface area contributed by atoms with Gasteiger partial charge in [0.15, 0.2) is 0 Å². The van der Waals surface area contributed by atoms with Gasteiger partial charge in [-0.25, -0.2) is 4.79 Å². The Morgan fingerprint density at radius 2 is 2.19 bits per heavy atom. The monoisotopic (exact) mass is 311 g/mol. The minimum atomic E-state index is -0.355. The van der Waals surface area contributed by atoms with Crippen LogP contribution in [0.5, 0.6) is 0 Å². The largest absolute Gasteiger partial charge is 0.465 e. The Hall–Kier alpha value is -0.910.